The summed E-state index contributed by atoms with van der Waals surface area (Å²) in [5.41, 5.74) is 6.01. The molecule has 24 heavy (non-hydrogen) atoms. The van der Waals surface area contributed by atoms with Crippen molar-refractivity contribution in [1.29, 1.82) is 0 Å². The monoisotopic (exact) mass is 438 g/mol. The van der Waals surface area contributed by atoms with Crippen LogP contribution in [0.4, 0.5) is 0 Å². The van der Waals surface area contributed by atoms with Crippen molar-refractivity contribution in [3.05, 3.63) is 44.9 Å². The summed E-state index contributed by atoms with van der Waals surface area (Å²) >= 11 is 2.41. The molecule has 0 N–H and O–H groups in total. The summed E-state index contributed by atoms with van der Waals surface area (Å²) < 4.78 is 1.68. The van der Waals surface area contributed by atoms with Crippen LogP contribution in [0.2, 0.25) is 10.6 Å². The van der Waals surface area contributed by atoms with Crippen molar-refractivity contribution in [1.82, 2.24) is 0 Å². The van der Waals surface area contributed by atoms with Gasteiger partial charge in [0.05, 0.1) is 0 Å². The molecule has 0 aromatic carbocycles. The van der Waals surface area contributed by atoms with E-state index in [0.717, 1.165) is 5.54 Å². The first kappa shape index (κ1) is 27.0. The zero-order chi connectivity index (χ0) is 15.8. The van der Waals surface area contributed by atoms with Crippen LogP contribution in [0.25, 0.3) is 0 Å². The van der Waals surface area contributed by atoms with Gasteiger partial charge >= 0.3 is 145 Å². The molecule has 134 valence electrons. The van der Waals surface area contributed by atoms with Gasteiger partial charge in [-0.15, -0.1) is 0 Å². The minimum atomic E-state index is -0.199. The fourth-order valence-corrected chi connectivity index (χ4v) is 8.56. The molecule has 2 rings (SSSR count). The number of rotatable bonds is 4. The van der Waals surface area contributed by atoms with Gasteiger partial charge in [-0.1, -0.05) is 0 Å². The third-order valence-electron chi connectivity index (χ3n) is 5.49. The molecule has 0 spiro atoms. The van der Waals surface area contributed by atoms with Crippen LogP contribution in [0, 0.1) is 5.41 Å². The minimum absolute atomic E-state index is 0. The second-order valence-corrected chi connectivity index (χ2v) is 11.8. The quantitative estimate of drug-likeness (QED) is 0.395. The Morgan fingerprint density at radius 2 is 1.67 bits per heavy atom. The number of allylic oxidation sites excluding steroid dienone is 8. The Morgan fingerprint density at radius 1 is 1.08 bits per heavy atom. The summed E-state index contributed by atoms with van der Waals surface area (Å²) in [5.74, 6) is 0. The second kappa shape index (κ2) is 10.2. The first-order valence-corrected chi connectivity index (χ1v) is 10.5. The maximum absolute atomic E-state index is 2.45. The molecule has 0 aliphatic heterocycles. The Labute approximate surface area is 181 Å². The van der Waals surface area contributed by atoms with Gasteiger partial charge < -0.3 is 37.2 Å². The Bertz CT molecular complexity index is 537. The molecule has 2 aliphatic carbocycles. The molecule has 0 amide bonds. The summed E-state index contributed by atoms with van der Waals surface area (Å²) in [5, 5.41) is 0.409. The molecule has 0 saturated heterocycles. The maximum Gasteiger partial charge on any atom is -1.00 e. The first-order valence-electron chi connectivity index (χ1n) is 8.17. The van der Waals surface area contributed by atoms with Gasteiger partial charge in [-0.05, 0) is 0 Å². The predicted octanol–water partition coefficient (Wildman–Crippen LogP) is -3.76. The molecule has 2 unspecified atom stereocenters. The van der Waals surface area contributed by atoms with Gasteiger partial charge in [-0.25, -0.2) is 0 Å². The molecular formula is C19H29Cl3SiTi. The molecule has 2 atom stereocenters. The van der Waals surface area contributed by atoms with E-state index in [9.17, 15) is 0 Å². The van der Waals surface area contributed by atoms with Crippen molar-refractivity contribution in [3.63, 3.8) is 0 Å². The van der Waals surface area contributed by atoms with E-state index < -0.39 is 0 Å². The predicted molar refractivity (Wildman–Crippen MR) is 93.0 cm³/mol. The summed E-state index contributed by atoms with van der Waals surface area (Å²) in [6.07, 6.45) is 11.7. The SMILES string of the molecule is CC1=C(C)C(CC2(C)C=CC=CC2)([SiH2]C(C)C)[C]([Ti+3])=C1C.[Cl-].[Cl-].[Cl-]. The normalized spacial score (nSPS) is 29.2. The van der Waals surface area contributed by atoms with E-state index >= 15 is 0 Å². The number of halogens is 3. The van der Waals surface area contributed by atoms with Gasteiger partial charge in [-0.2, -0.15) is 0 Å². The third-order valence-corrected chi connectivity index (χ3v) is 10.0. The largest absolute Gasteiger partial charge is 1.00 e. The molecule has 0 aromatic heterocycles. The van der Waals surface area contributed by atoms with E-state index in [0.29, 0.717) is 10.5 Å². The van der Waals surface area contributed by atoms with E-state index in [-0.39, 0.29) is 46.7 Å². The second-order valence-electron chi connectivity index (χ2n) is 7.75. The van der Waals surface area contributed by atoms with Gasteiger partial charge in [0, 0.05) is 0 Å². The summed E-state index contributed by atoms with van der Waals surface area (Å²) in [4.78, 5) is 0. The van der Waals surface area contributed by atoms with Crippen molar-refractivity contribution in [2.45, 2.75) is 65.0 Å². The van der Waals surface area contributed by atoms with Crippen LogP contribution in [0.1, 0.15) is 54.4 Å². The van der Waals surface area contributed by atoms with Gasteiger partial charge in [0.25, 0.3) is 0 Å². The zero-order valence-corrected chi connectivity index (χ0v) is 20.9. The minimum Gasteiger partial charge on any atom is -1.00 e. The molecule has 0 aromatic rings. The molecule has 0 saturated carbocycles. The molecule has 0 radical (unpaired) electrons. The molecular weight excluding hydrogens is 411 g/mol. The van der Waals surface area contributed by atoms with Gasteiger partial charge in [0.1, 0.15) is 0 Å². The van der Waals surface area contributed by atoms with Crippen LogP contribution < -0.4 is 37.2 Å². The van der Waals surface area contributed by atoms with E-state index in [1.54, 1.807) is 20.6 Å². The summed E-state index contributed by atoms with van der Waals surface area (Å²) in [6, 6.07) is 0. The summed E-state index contributed by atoms with van der Waals surface area (Å²) in [6.45, 7) is 14.4. The van der Waals surface area contributed by atoms with Gasteiger partial charge in [-0.3, -0.25) is 0 Å². The van der Waals surface area contributed by atoms with E-state index in [2.05, 4.69) is 86.3 Å². The third kappa shape index (κ3) is 5.15. The molecule has 2 aliphatic rings. The van der Waals surface area contributed by atoms with Crippen LogP contribution in [0.15, 0.2) is 44.9 Å². The maximum atomic E-state index is 2.45. The molecule has 0 bridgehead atoms. The van der Waals surface area contributed by atoms with Crippen molar-refractivity contribution in [2.24, 2.45) is 5.41 Å². The topological polar surface area (TPSA) is 0 Å². The Kier molecular flexibility index (Phi) is 11.5. The van der Waals surface area contributed by atoms with Crippen LogP contribution in [0.5, 0.6) is 0 Å². The fourth-order valence-electron chi connectivity index (χ4n) is 4.21. The van der Waals surface area contributed by atoms with E-state index in [4.69, 9.17) is 0 Å². The van der Waals surface area contributed by atoms with Crippen molar-refractivity contribution in [3.8, 4) is 0 Å². The van der Waals surface area contributed by atoms with Crippen molar-refractivity contribution < 1.29 is 57.7 Å². The Balaban J connectivity index is 0. The van der Waals surface area contributed by atoms with Crippen molar-refractivity contribution >= 4 is 9.52 Å². The van der Waals surface area contributed by atoms with Crippen LogP contribution in [0.3, 0.4) is 0 Å². The average molecular weight is 440 g/mol. The van der Waals surface area contributed by atoms with Gasteiger partial charge in [0.15, 0.2) is 0 Å². The molecule has 5 heteroatoms. The first-order chi connectivity index (χ1) is 9.72. The average Bonchev–Trinajstić information content (AvgIpc) is 2.55. The summed E-state index contributed by atoms with van der Waals surface area (Å²) in [7, 11) is -0.199. The standard InChI is InChI=1S/C19H29Si.3ClH.Ti/c1-14(2)20-19(12-15(3)16(4)17(19)5)13-18(6)10-8-7-9-11-18;;;;/h7-10,14H,11,13,20H2,1-6H3;3*1H;/q;;;;+3/p-3. The smallest absolute Gasteiger partial charge is 1.00 e. The van der Waals surface area contributed by atoms with Crippen LogP contribution in [-0.2, 0) is 20.4 Å². The Morgan fingerprint density at radius 3 is 2.04 bits per heavy atom. The fraction of sp³-hybridized carbons (Fsp3) is 0.579. The van der Waals surface area contributed by atoms with Crippen molar-refractivity contribution in [2.75, 3.05) is 0 Å². The molecule has 0 fully saturated rings. The number of hydrogen-bond acceptors (Lipinski definition) is 0. The Hall–Kier alpha value is 0.761. The van der Waals surface area contributed by atoms with Crippen LogP contribution >= 0.6 is 0 Å². The van der Waals surface area contributed by atoms with E-state index in [1.165, 1.54) is 12.8 Å². The molecule has 0 nitrogen and oxygen atoms in total. The van der Waals surface area contributed by atoms with E-state index in [1.807, 2.05) is 0 Å². The number of hydrogen-bond donors (Lipinski definition) is 0. The van der Waals surface area contributed by atoms with Crippen LogP contribution in [-0.4, -0.2) is 9.52 Å². The van der Waals surface area contributed by atoms with Gasteiger partial charge in [0.2, 0.25) is 0 Å². The zero-order valence-electron chi connectivity index (χ0n) is 15.6. The molecule has 0 heterocycles.